The number of carbonyl (C=O) groups is 1. The Morgan fingerprint density at radius 3 is 2.45 bits per heavy atom. The van der Waals surface area contributed by atoms with Crippen molar-refractivity contribution in [1.82, 2.24) is 25.5 Å². The van der Waals surface area contributed by atoms with Gasteiger partial charge in [0.1, 0.15) is 0 Å². The van der Waals surface area contributed by atoms with E-state index >= 15 is 0 Å². The number of benzene rings is 2. The first-order chi connectivity index (χ1) is 14.0. The van der Waals surface area contributed by atoms with Crippen molar-refractivity contribution in [2.24, 2.45) is 0 Å². The highest BCUT2D eigenvalue weighted by atomic mass is 32.2. The van der Waals surface area contributed by atoms with E-state index in [-0.39, 0.29) is 11.2 Å². The number of aromatic nitrogens is 4. The van der Waals surface area contributed by atoms with E-state index in [2.05, 4.69) is 39.9 Å². The van der Waals surface area contributed by atoms with Gasteiger partial charge in [-0.15, -0.1) is 5.10 Å². The van der Waals surface area contributed by atoms with Crippen molar-refractivity contribution in [3.8, 4) is 5.69 Å². The number of thioether (sulfide) groups is 1. The zero-order chi connectivity index (χ0) is 20.8. The van der Waals surface area contributed by atoms with E-state index < -0.39 is 0 Å². The highest BCUT2D eigenvalue weighted by molar-refractivity contribution is 8.00. The van der Waals surface area contributed by atoms with Crippen LogP contribution in [0.15, 0.2) is 53.7 Å². The van der Waals surface area contributed by atoms with Crippen molar-refractivity contribution in [2.45, 2.75) is 50.4 Å². The standard InChI is InChI=1S/C22H27N5OS/c1-5-18(19-12-7-6-8-13-19)14-23-21(28)17(4)29-22-24-25-26-27(22)20-15(2)10-9-11-16(20)3/h6-13,17-18H,5,14H2,1-4H3,(H,23,28)/t17-,18-/m1/s1. The first-order valence-electron chi connectivity index (χ1n) is 9.85. The second-order valence-corrected chi connectivity index (χ2v) is 8.44. The predicted molar refractivity (Wildman–Crippen MR) is 116 cm³/mol. The fourth-order valence-corrected chi connectivity index (χ4v) is 4.15. The number of carbonyl (C=O) groups excluding carboxylic acids is 1. The molecule has 0 saturated heterocycles. The molecule has 0 radical (unpaired) electrons. The molecule has 0 aliphatic rings. The lowest BCUT2D eigenvalue weighted by Crippen LogP contribution is -2.34. The largest absolute Gasteiger partial charge is 0.355 e. The highest BCUT2D eigenvalue weighted by Crippen LogP contribution is 2.26. The molecule has 152 valence electrons. The second-order valence-electron chi connectivity index (χ2n) is 7.13. The highest BCUT2D eigenvalue weighted by Gasteiger charge is 2.21. The summed E-state index contributed by atoms with van der Waals surface area (Å²) in [7, 11) is 0. The Hall–Kier alpha value is -2.67. The number of tetrazole rings is 1. The van der Waals surface area contributed by atoms with Gasteiger partial charge in [-0.2, -0.15) is 4.68 Å². The third-order valence-corrected chi connectivity index (χ3v) is 6.06. The molecule has 6 nitrogen and oxygen atoms in total. The lowest BCUT2D eigenvalue weighted by molar-refractivity contribution is -0.120. The first-order valence-corrected chi connectivity index (χ1v) is 10.7. The molecule has 0 aliphatic carbocycles. The van der Waals surface area contributed by atoms with Crippen molar-refractivity contribution in [3.63, 3.8) is 0 Å². The third-order valence-electron chi connectivity index (χ3n) is 5.03. The summed E-state index contributed by atoms with van der Waals surface area (Å²) in [6.07, 6.45) is 0.969. The van der Waals surface area contributed by atoms with Crippen molar-refractivity contribution in [1.29, 1.82) is 0 Å². The van der Waals surface area contributed by atoms with Gasteiger partial charge < -0.3 is 5.32 Å². The fourth-order valence-electron chi connectivity index (χ4n) is 3.33. The molecular formula is C22H27N5OS. The van der Waals surface area contributed by atoms with Crippen molar-refractivity contribution in [2.75, 3.05) is 6.54 Å². The van der Waals surface area contributed by atoms with Crippen LogP contribution >= 0.6 is 11.8 Å². The van der Waals surface area contributed by atoms with Crippen molar-refractivity contribution < 1.29 is 4.79 Å². The van der Waals surface area contributed by atoms with Crippen molar-refractivity contribution >= 4 is 17.7 Å². The molecule has 0 aliphatic heterocycles. The molecule has 2 aromatic carbocycles. The monoisotopic (exact) mass is 409 g/mol. The zero-order valence-electron chi connectivity index (χ0n) is 17.3. The van der Waals surface area contributed by atoms with E-state index in [0.717, 1.165) is 23.2 Å². The maximum absolute atomic E-state index is 12.7. The van der Waals surface area contributed by atoms with Gasteiger partial charge in [-0.05, 0) is 54.3 Å². The maximum Gasteiger partial charge on any atom is 0.233 e. The molecule has 0 bridgehead atoms. The van der Waals surface area contributed by atoms with Crippen LogP contribution in [0.2, 0.25) is 0 Å². The molecule has 1 aromatic heterocycles. The lowest BCUT2D eigenvalue weighted by atomic mass is 9.96. The van der Waals surface area contributed by atoms with E-state index in [1.165, 1.54) is 17.3 Å². The van der Waals surface area contributed by atoms with E-state index in [1.807, 2.05) is 57.2 Å². The van der Waals surface area contributed by atoms with E-state index in [1.54, 1.807) is 4.68 Å². The lowest BCUT2D eigenvalue weighted by Gasteiger charge is -2.18. The van der Waals surface area contributed by atoms with Crippen LogP contribution in [0, 0.1) is 13.8 Å². The van der Waals surface area contributed by atoms with E-state index in [4.69, 9.17) is 0 Å². The van der Waals surface area contributed by atoms with Gasteiger partial charge in [0.05, 0.1) is 10.9 Å². The minimum Gasteiger partial charge on any atom is -0.355 e. The van der Waals surface area contributed by atoms with Gasteiger partial charge >= 0.3 is 0 Å². The molecule has 3 rings (SSSR count). The topological polar surface area (TPSA) is 72.7 Å². The van der Waals surface area contributed by atoms with E-state index in [9.17, 15) is 4.79 Å². The SMILES string of the molecule is CC[C@H](CNC(=O)[C@@H](C)Sc1nnnn1-c1c(C)cccc1C)c1ccccc1. The van der Waals surface area contributed by atoms with Crippen LogP contribution in [0.3, 0.4) is 0 Å². The normalized spacial score (nSPS) is 13.1. The van der Waals surface area contributed by atoms with Crippen LogP contribution in [0.25, 0.3) is 5.69 Å². The smallest absolute Gasteiger partial charge is 0.233 e. The molecule has 1 N–H and O–H groups in total. The van der Waals surface area contributed by atoms with Gasteiger partial charge in [0, 0.05) is 12.5 Å². The number of rotatable bonds is 8. The number of amides is 1. The fraction of sp³-hybridized carbons (Fsp3) is 0.364. The molecule has 0 spiro atoms. The number of aryl methyl sites for hydroxylation is 2. The Kier molecular flexibility index (Phi) is 7.04. The number of nitrogens with one attached hydrogen (secondary N) is 1. The molecule has 1 amide bonds. The Balaban J connectivity index is 1.66. The molecule has 3 aromatic rings. The molecule has 29 heavy (non-hydrogen) atoms. The predicted octanol–water partition coefficient (Wildman–Crippen LogP) is 4.07. The Morgan fingerprint density at radius 1 is 1.10 bits per heavy atom. The van der Waals surface area contributed by atoms with Crippen LogP contribution in [0.4, 0.5) is 0 Å². The van der Waals surface area contributed by atoms with Crippen LogP contribution < -0.4 is 5.32 Å². The van der Waals surface area contributed by atoms with Crippen LogP contribution in [-0.2, 0) is 4.79 Å². The minimum absolute atomic E-state index is 0.0135. The zero-order valence-corrected chi connectivity index (χ0v) is 18.1. The summed E-state index contributed by atoms with van der Waals surface area (Å²) in [6, 6.07) is 16.4. The Morgan fingerprint density at radius 2 is 1.79 bits per heavy atom. The van der Waals surface area contributed by atoms with Gasteiger partial charge in [-0.25, -0.2) is 0 Å². The quantitative estimate of drug-likeness (QED) is 0.568. The average molecular weight is 410 g/mol. The molecule has 2 atom stereocenters. The number of hydrogen-bond acceptors (Lipinski definition) is 5. The number of para-hydroxylation sites is 1. The molecule has 1 heterocycles. The molecule has 7 heteroatoms. The Labute approximate surface area is 176 Å². The summed E-state index contributed by atoms with van der Waals surface area (Å²) in [5, 5.41) is 15.5. The van der Waals surface area contributed by atoms with Crippen molar-refractivity contribution in [3.05, 3.63) is 65.2 Å². The van der Waals surface area contributed by atoms with Gasteiger partial charge in [-0.3, -0.25) is 4.79 Å². The summed E-state index contributed by atoms with van der Waals surface area (Å²) >= 11 is 1.37. The third kappa shape index (κ3) is 5.03. The molecule has 0 fully saturated rings. The maximum atomic E-state index is 12.7. The molecule has 0 unspecified atom stereocenters. The number of nitrogens with zero attached hydrogens (tertiary/aromatic N) is 4. The Bertz CT molecular complexity index is 937. The van der Waals surface area contributed by atoms with Crippen LogP contribution in [0.5, 0.6) is 0 Å². The van der Waals surface area contributed by atoms with E-state index in [0.29, 0.717) is 17.6 Å². The summed E-state index contributed by atoms with van der Waals surface area (Å²) in [4.78, 5) is 12.7. The van der Waals surface area contributed by atoms with Crippen LogP contribution in [-0.4, -0.2) is 37.9 Å². The average Bonchev–Trinajstić information content (AvgIpc) is 3.16. The van der Waals surface area contributed by atoms with Gasteiger partial charge in [0.2, 0.25) is 11.1 Å². The van der Waals surface area contributed by atoms with Crippen LogP contribution in [0.1, 0.15) is 42.9 Å². The summed E-state index contributed by atoms with van der Waals surface area (Å²) in [5.74, 6) is 0.290. The van der Waals surface area contributed by atoms with Gasteiger partial charge in [0.25, 0.3) is 0 Å². The van der Waals surface area contributed by atoms with Gasteiger partial charge in [0.15, 0.2) is 0 Å². The van der Waals surface area contributed by atoms with Gasteiger partial charge in [-0.1, -0.05) is 67.2 Å². The molecular weight excluding hydrogens is 382 g/mol. The number of hydrogen-bond donors (Lipinski definition) is 1. The summed E-state index contributed by atoms with van der Waals surface area (Å²) in [5.41, 5.74) is 4.38. The molecule has 0 saturated carbocycles. The summed E-state index contributed by atoms with van der Waals surface area (Å²) < 4.78 is 1.72. The minimum atomic E-state index is -0.308. The summed E-state index contributed by atoms with van der Waals surface area (Å²) in [6.45, 7) is 8.70. The second kappa shape index (κ2) is 9.69. The first kappa shape index (κ1) is 21.0.